The summed E-state index contributed by atoms with van der Waals surface area (Å²) < 4.78 is 25.8. The van der Waals surface area contributed by atoms with Gasteiger partial charge in [-0.1, -0.05) is 12.1 Å². The lowest BCUT2D eigenvalue weighted by molar-refractivity contribution is 0.532. The maximum atomic E-state index is 12.0. The molecule has 0 fully saturated rings. The van der Waals surface area contributed by atoms with Crippen molar-refractivity contribution in [3.8, 4) is 6.07 Å². The molecule has 0 radical (unpaired) electrons. The molecule has 1 atom stereocenters. The molecule has 0 heterocycles. The van der Waals surface area contributed by atoms with Crippen LogP contribution in [0.2, 0.25) is 0 Å². The van der Waals surface area contributed by atoms with E-state index in [1.165, 1.54) is 0 Å². The van der Waals surface area contributed by atoms with Crippen LogP contribution in [0.5, 0.6) is 0 Å². The fourth-order valence-corrected chi connectivity index (χ4v) is 2.31. The second kappa shape index (κ2) is 5.09. The molecule has 0 aliphatic heterocycles. The summed E-state index contributed by atoms with van der Waals surface area (Å²) in [6, 6.07) is 8.61. The van der Waals surface area contributed by atoms with Crippen molar-refractivity contribution < 1.29 is 8.42 Å². The van der Waals surface area contributed by atoms with Gasteiger partial charge in [-0.25, -0.2) is 13.1 Å². The van der Waals surface area contributed by atoms with E-state index in [1.54, 1.807) is 52.0 Å². The van der Waals surface area contributed by atoms with Crippen molar-refractivity contribution in [2.24, 2.45) is 0 Å². The second-order valence-corrected chi connectivity index (χ2v) is 7.66. The fraction of sp³-hybridized carbons (Fsp3) is 0.462. The van der Waals surface area contributed by atoms with Crippen molar-refractivity contribution in [1.29, 1.82) is 5.26 Å². The highest BCUT2D eigenvalue weighted by Gasteiger charge is 2.30. The molecule has 1 aromatic rings. The number of hydrogen-bond acceptors (Lipinski definition) is 3. The first-order valence-corrected chi connectivity index (χ1v) is 7.17. The number of rotatable bonds is 3. The Hall–Kier alpha value is -1.38. The molecule has 98 valence electrons. The van der Waals surface area contributed by atoms with Gasteiger partial charge in [0.15, 0.2) is 0 Å². The van der Waals surface area contributed by atoms with E-state index >= 15 is 0 Å². The third-order valence-corrected chi connectivity index (χ3v) is 4.93. The lowest BCUT2D eigenvalue weighted by atomic mass is 10.1. The van der Waals surface area contributed by atoms with Gasteiger partial charge in [-0.3, -0.25) is 0 Å². The Balaban J connectivity index is 2.97. The molecular weight excluding hydrogens is 248 g/mol. The number of nitriles is 1. The highest BCUT2D eigenvalue weighted by atomic mass is 32.2. The Morgan fingerprint density at radius 2 is 1.94 bits per heavy atom. The zero-order valence-electron chi connectivity index (χ0n) is 11.1. The summed E-state index contributed by atoms with van der Waals surface area (Å²) in [5, 5.41) is 8.82. The molecular formula is C13H18N2O2S. The second-order valence-electron chi connectivity index (χ2n) is 5.19. The highest BCUT2D eigenvalue weighted by Crippen LogP contribution is 2.20. The van der Waals surface area contributed by atoms with E-state index < -0.39 is 14.8 Å². The topological polar surface area (TPSA) is 70.0 Å². The van der Waals surface area contributed by atoms with Crippen LogP contribution in [0.15, 0.2) is 24.3 Å². The van der Waals surface area contributed by atoms with E-state index in [0.717, 1.165) is 5.56 Å². The molecule has 4 nitrogen and oxygen atoms in total. The number of hydrogen-bond donors (Lipinski definition) is 1. The summed E-state index contributed by atoms with van der Waals surface area (Å²) in [4.78, 5) is 0. The molecule has 0 saturated carbocycles. The van der Waals surface area contributed by atoms with Crippen LogP contribution in [-0.2, 0) is 10.0 Å². The molecule has 1 aromatic carbocycles. The highest BCUT2D eigenvalue weighted by molar-refractivity contribution is 7.90. The zero-order chi connectivity index (χ0) is 14.0. The smallest absolute Gasteiger partial charge is 0.212 e. The molecule has 18 heavy (non-hydrogen) atoms. The third-order valence-electron chi connectivity index (χ3n) is 2.65. The van der Waals surface area contributed by atoms with Gasteiger partial charge in [0.05, 0.1) is 16.4 Å². The van der Waals surface area contributed by atoms with E-state index in [4.69, 9.17) is 5.26 Å². The molecule has 0 bridgehead atoms. The average molecular weight is 266 g/mol. The first-order chi connectivity index (χ1) is 8.17. The molecule has 0 unspecified atom stereocenters. The van der Waals surface area contributed by atoms with Crippen LogP contribution in [0.1, 0.15) is 44.9 Å². The third kappa shape index (κ3) is 3.31. The van der Waals surface area contributed by atoms with Gasteiger partial charge in [-0.2, -0.15) is 5.26 Å². The summed E-state index contributed by atoms with van der Waals surface area (Å²) in [7, 11) is -3.40. The Labute approximate surface area is 109 Å². The van der Waals surface area contributed by atoms with Crippen LogP contribution in [-0.4, -0.2) is 13.2 Å². The van der Waals surface area contributed by atoms with Gasteiger partial charge < -0.3 is 0 Å². The van der Waals surface area contributed by atoms with Crippen molar-refractivity contribution in [2.45, 2.75) is 38.5 Å². The molecule has 1 rings (SSSR count). The van der Waals surface area contributed by atoms with Crippen LogP contribution in [0.4, 0.5) is 0 Å². The minimum atomic E-state index is -3.40. The molecule has 0 aliphatic carbocycles. The van der Waals surface area contributed by atoms with E-state index in [-0.39, 0.29) is 6.04 Å². The van der Waals surface area contributed by atoms with Crippen LogP contribution in [0, 0.1) is 11.3 Å². The first-order valence-electron chi connectivity index (χ1n) is 5.69. The average Bonchev–Trinajstić information content (AvgIpc) is 2.27. The Kier molecular flexibility index (Phi) is 4.15. The van der Waals surface area contributed by atoms with Crippen molar-refractivity contribution in [1.82, 2.24) is 4.72 Å². The monoisotopic (exact) mass is 266 g/mol. The first kappa shape index (κ1) is 14.7. The maximum Gasteiger partial charge on any atom is 0.217 e. The largest absolute Gasteiger partial charge is 0.217 e. The van der Waals surface area contributed by atoms with Crippen LogP contribution in [0.3, 0.4) is 0 Å². The Morgan fingerprint density at radius 3 is 2.44 bits per heavy atom. The number of sulfonamides is 1. The van der Waals surface area contributed by atoms with Crippen molar-refractivity contribution in [3.05, 3.63) is 35.4 Å². The van der Waals surface area contributed by atoms with Crippen molar-refractivity contribution in [2.75, 3.05) is 0 Å². The maximum absolute atomic E-state index is 12.0. The quantitative estimate of drug-likeness (QED) is 0.912. The van der Waals surface area contributed by atoms with E-state index in [1.807, 2.05) is 6.07 Å². The Morgan fingerprint density at radius 1 is 1.33 bits per heavy atom. The molecule has 0 aromatic heterocycles. The van der Waals surface area contributed by atoms with Crippen LogP contribution in [0.25, 0.3) is 0 Å². The predicted octanol–water partition coefficient (Wildman–Crippen LogP) is 2.34. The lowest BCUT2D eigenvalue weighted by Gasteiger charge is -2.23. The standard InChI is InChI=1S/C13H18N2O2S/c1-10(15-18(16,17)13(2,3)4)12-7-5-6-11(8-12)9-14/h5-8,10,15H,1-4H3/t10-/m1/s1. The zero-order valence-corrected chi connectivity index (χ0v) is 11.9. The van der Waals surface area contributed by atoms with Gasteiger partial charge in [-0.15, -0.1) is 0 Å². The minimum absolute atomic E-state index is 0.359. The van der Waals surface area contributed by atoms with Gasteiger partial charge in [0.1, 0.15) is 0 Å². The van der Waals surface area contributed by atoms with Crippen LogP contribution < -0.4 is 4.72 Å². The summed E-state index contributed by atoms with van der Waals surface area (Å²) in [6.07, 6.45) is 0. The van der Waals surface area contributed by atoms with Gasteiger partial charge >= 0.3 is 0 Å². The SMILES string of the molecule is C[C@@H](NS(=O)(=O)C(C)(C)C)c1cccc(C#N)c1. The Bertz CT molecular complexity index is 565. The summed E-state index contributed by atoms with van der Waals surface area (Å²) >= 11 is 0. The van der Waals surface area contributed by atoms with Gasteiger partial charge in [0.2, 0.25) is 10.0 Å². The normalized spacial score (nSPS) is 13.9. The molecule has 0 amide bonds. The van der Waals surface area contributed by atoms with Gasteiger partial charge in [0.25, 0.3) is 0 Å². The van der Waals surface area contributed by atoms with Crippen LogP contribution >= 0.6 is 0 Å². The van der Waals surface area contributed by atoms with Crippen molar-refractivity contribution in [3.63, 3.8) is 0 Å². The van der Waals surface area contributed by atoms with Gasteiger partial charge in [0, 0.05) is 6.04 Å². The lowest BCUT2D eigenvalue weighted by Crippen LogP contribution is -2.40. The summed E-state index contributed by atoms with van der Waals surface area (Å²) in [5.41, 5.74) is 1.30. The number of nitrogens with zero attached hydrogens (tertiary/aromatic N) is 1. The summed E-state index contributed by atoms with van der Waals surface area (Å²) in [5.74, 6) is 0. The van der Waals surface area contributed by atoms with Gasteiger partial charge in [-0.05, 0) is 45.4 Å². The molecule has 1 N–H and O–H groups in total. The summed E-state index contributed by atoms with van der Waals surface area (Å²) in [6.45, 7) is 6.70. The molecule has 0 spiro atoms. The van der Waals surface area contributed by atoms with E-state index in [2.05, 4.69) is 4.72 Å². The molecule has 5 heteroatoms. The van der Waals surface area contributed by atoms with E-state index in [9.17, 15) is 8.42 Å². The predicted molar refractivity (Wildman–Crippen MR) is 71.4 cm³/mol. The number of benzene rings is 1. The van der Waals surface area contributed by atoms with Crippen molar-refractivity contribution >= 4 is 10.0 Å². The number of nitrogens with one attached hydrogen (secondary N) is 1. The fourth-order valence-electron chi connectivity index (χ4n) is 1.36. The minimum Gasteiger partial charge on any atom is -0.212 e. The molecule has 0 saturated heterocycles. The van der Waals surface area contributed by atoms with E-state index in [0.29, 0.717) is 5.56 Å². The molecule has 0 aliphatic rings.